The van der Waals surface area contributed by atoms with Crippen molar-refractivity contribution in [3.05, 3.63) is 0 Å². The first-order valence-electron chi connectivity index (χ1n) is 0.783. The average Bonchev–Trinajstić information content (AvgIpc) is 0.722. The van der Waals surface area contributed by atoms with Crippen molar-refractivity contribution in [2.45, 2.75) is 0 Å². The van der Waals surface area contributed by atoms with Gasteiger partial charge in [0.1, 0.15) is 0 Å². The molecule has 0 aliphatic heterocycles. The summed E-state index contributed by atoms with van der Waals surface area (Å²) < 4.78 is 8.88. The fourth-order valence-electron chi connectivity index (χ4n) is 0. The van der Waals surface area contributed by atoms with E-state index in [9.17, 15) is 0 Å². The molecule has 7 heavy (non-hydrogen) atoms. The van der Waals surface area contributed by atoms with Crippen LogP contribution in [0, 0.1) is 0 Å². The number of phosphoric acid groups is 1. The second kappa shape index (κ2) is 6.75. The molecule has 0 aromatic carbocycles. The molecule has 0 atom stereocenters. The molecule has 0 saturated carbocycles. The fraction of sp³-hybridized carbons (Fsp3) is 0. The molecular formula is H7BiKO4P. The molecule has 0 bridgehead atoms. The smallest absolute Gasteiger partial charge is 1.00 e. The minimum Gasteiger partial charge on any atom is -1.00 e. The second-order valence-electron chi connectivity index (χ2n) is 0.513. The molecule has 7 heteroatoms. The van der Waals surface area contributed by atoms with Crippen LogP contribution in [-0.2, 0) is 4.57 Å². The summed E-state index contributed by atoms with van der Waals surface area (Å²) in [5.41, 5.74) is 0. The third kappa shape index (κ3) is 54.9. The van der Waals surface area contributed by atoms with Crippen LogP contribution in [0.5, 0.6) is 0 Å². The largest absolute Gasteiger partial charge is 1.00 e. The van der Waals surface area contributed by atoms with E-state index in [1.54, 1.807) is 0 Å². The predicted octanol–water partition coefficient (Wildman–Crippen LogP) is -5.00. The Labute approximate surface area is 104 Å². The summed E-state index contributed by atoms with van der Waals surface area (Å²) in [5.74, 6) is 0. The zero-order valence-corrected chi connectivity index (χ0v) is 13.4. The summed E-state index contributed by atoms with van der Waals surface area (Å²) >= 11 is 0. The van der Waals surface area contributed by atoms with Crippen molar-refractivity contribution in [2.24, 2.45) is 0 Å². The molecule has 42 valence electrons. The van der Waals surface area contributed by atoms with Crippen LogP contribution in [0.4, 0.5) is 0 Å². The van der Waals surface area contributed by atoms with E-state index in [-0.39, 0.29) is 79.0 Å². The van der Waals surface area contributed by atoms with Crippen molar-refractivity contribution < 1.29 is 72.1 Å². The molecule has 0 aromatic heterocycles. The van der Waals surface area contributed by atoms with E-state index >= 15 is 0 Å². The van der Waals surface area contributed by atoms with Crippen molar-refractivity contribution in [2.75, 3.05) is 0 Å². The Hall–Kier alpha value is 2.63. The SMILES string of the molecule is O=P(O)(O)O.[BiH3].[H-].[K+]. The van der Waals surface area contributed by atoms with Gasteiger partial charge in [-0.1, -0.05) is 0 Å². The summed E-state index contributed by atoms with van der Waals surface area (Å²) in [4.78, 5) is 21.6. The van der Waals surface area contributed by atoms with Gasteiger partial charge >= 0.3 is 85.4 Å². The molecule has 4 nitrogen and oxygen atoms in total. The summed E-state index contributed by atoms with van der Waals surface area (Å²) in [6.45, 7) is 0. The van der Waals surface area contributed by atoms with Gasteiger partial charge in [-0.05, 0) is 0 Å². The van der Waals surface area contributed by atoms with Crippen LogP contribution in [-0.4, -0.2) is 40.9 Å². The molecule has 0 heterocycles. The van der Waals surface area contributed by atoms with Crippen molar-refractivity contribution in [1.82, 2.24) is 0 Å². The minimum atomic E-state index is -4.64. The molecule has 3 N–H and O–H groups in total. The van der Waals surface area contributed by atoms with E-state index in [4.69, 9.17) is 19.2 Å². The molecule has 0 aliphatic rings. The molecule has 0 amide bonds. The van der Waals surface area contributed by atoms with E-state index in [1.807, 2.05) is 0 Å². The van der Waals surface area contributed by atoms with Gasteiger partial charge in [-0.25, -0.2) is 4.57 Å². The van der Waals surface area contributed by atoms with Gasteiger partial charge in [0.2, 0.25) is 0 Å². The first-order chi connectivity index (χ1) is 2.00. The topological polar surface area (TPSA) is 77.8 Å². The average molecular weight is 350 g/mol. The molecule has 0 aromatic rings. The van der Waals surface area contributed by atoms with E-state index < -0.39 is 7.82 Å². The maximum atomic E-state index is 8.88. The summed E-state index contributed by atoms with van der Waals surface area (Å²) in [5, 5.41) is 0. The van der Waals surface area contributed by atoms with Gasteiger partial charge in [-0.3, -0.25) is 0 Å². The van der Waals surface area contributed by atoms with Crippen molar-refractivity contribution in [3.63, 3.8) is 0 Å². The fourth-order valence-corrected chi connectivity index (χ4v) is 0. The quantitative estimate of drug-likeness (QED) is 0.302. The molecular weight excluding hydrogens is 343 g/mol. The van der Waals surface area contributed by atoms with Crippen LogP contribution < -0.4 is 51.4 Å². The molecule has 0 spiro atoms. The van der Waals surface area contributed by atoms with Crippen LogP contribution >= 0.6 is 7.82 Å². The van der Waals surface area contributed by atoms with Gasteiger partial charge in [-0.15, -0.1) is 0 Å². The monoisotopic (exact) mass is 350 g/mol. The van der Waals surface area contributed by atoms with Gasteiger partial charge < -0.3 is 16.1 Å². The molecule has 0 aliphatic carbocycles. The van der Waals surface area contributed by atoms with Crippen molar-refractivity contribution in [3.8, 4) is 0 Å². The first kappa shape index (κ1) is 16.3. The van der Waals surface area contributed by atoms with Gasteiger partial charge in [0.15, 0.2) is 0 Å². The zero-order valence-electron chi connectivity index (χ0n) is 4.90. The molecule has 0 saturated heterocycles. The Morgan fingerprint density at radius 3 is 1.29 bits per heavy atom. The minimum absolute atomic E-state index is 0. The molecule has 0 unspecified atom stereocenters. The van der Waals surface area contributed by atoms with Crippen LogP contribution in [0.2, 0.25) is 0 Å². The van der Waals surface area contributed by atoms with E-state index in [0.717, 1.165) is 0 Å². The number of hydrogen-bond acceptors (Lipinski definition) is 1. The Kier molecular flexibility index (Phi) is 15.7. The maximum absolute atomic E-state index is 8.88. The third-order valence-electron chi connectivity index (χ3n) is 0. The Bertz CT molecular complexity index is 62.2. The molecule has 0 radical (unpaired) electrons. The van der Waals surface area contributed by atoms with Gasteiger partial charge in [0.05, 0.1) is 0 Å². The Balaban J connectivity index is -0.0000000267. The van der Waals surface area contributed by atoms with Crippen molar-refractivity contribution >= 4 is 34.0 Å². The van der Waals surface area contributed by atoms with Crippen LogP contribution in [0.3, 0.4) is 0 Å². The van der Waals surface area contributed by atoms with Crippen LogP contribution in [0.25, 0.3) is 0 Å². The summed E-state index contributed by atoms with van der Waals surface area (Å²) in [6, 6.07) is 0. The summed E-state index contributed by atoms with van der Waals surface area (Å²) in [7, 11) is -4.64. The first-order valence-corrected chi connectivity index (χ1v) is 2.35. The summed E-state index contributed by atoms with van der Waals surface area (Å²) in [6.07, 6.45) is 0. The van der Waals surface area contributed by atoms with Gasteiger partial charge in [-0.2, -0.15) is 0 Å². The number of rotatable bonds is 0. The normalized spacial score (nSPS) is 8.43. The Morgan fingerprint density at radius 1 is 1.29 bits per heavy atom. The van der Waals surface area contributed by atoms with Crippen LogP contribution in [0.1, 0.15) is 1.43 Å². The Morgan fingerprint density at radius 2 is 1.29 bits per heavy atom. The van der Waals surface area contributed by atoms with Crippen molar-refractivity contribution in [1.29, 1.82) is 0 Å². The van der Waals surface area contributed by atoms with E-state index in [1.165, 1.54) is 0 Å². The van der Waals surface area contributed by atoms with E-state index in [0.29, 0.717) is 0 Å². The molecule has 0 rings (SSSR count). The standard InChI is InChI=1S/Bi.K.H3O4P.4H/c;;1-5(2,3)4;;;;/h;;(H3,1,2,3,4);;;;/q;+1;;;;;-1. The third-order valence-corrected chi connectivity index (χ3v) is 0. The number of hydrogen-bond donors (Lipinski definition) is 3. The van der Waals surface area contributed by atoms with Crippen LogP contribution in [0.15, 0.2) is 0 Å². The predicted molar refractivity (Wildman–Crippen MR) is 25.3 cm³/mol. The second-order valence-corrected chi connectivity index (χ2v) is 1.54. The zero-order chi connectivity index (χ0) is 4.50. The molecule has 0 fully saturated rings. The van der Waals surface area contributed by atoms with Gasteiger partial charge in [0, 0.05) is 0 Å². The maximum Gasteiger partial charge on any atom is 1.00 e. The van der Waals surface area contributed by atoms with Gasteiger partial charge in [0.25, 0.3) is 0 Å². The van der Waals surface area contributed by atoms with E-state index in [2.05, 4.69) is 0 Å².